The summed E-state index contributed by atoms with van der Waals surface area (Å²) < 4.78 is 0. The molecule has 0 bridgehead atoms. The zero-order valence-corrected chi connectivity index (χ0v) is 12.8. The second-order valence-corrected chi connectivity index (χ2v) is 5.67. The molecule has 2 nitrogen and oxygen atoms in total. The molecule has 0 aliphatic heterocycles. The second kappa shape index (κ2) is 6.79. The molecular weight excluding hydrogens is 317 g/mol. The third-order valence-electron chi connectivity index (χ3n) is 3.23. The van der Waals surface area contributed by atoms with Crippen LogP contribution in [0.1, 0.15) is 23.1 Å². The highest BCUT2D eigenvalue weighted by Crippen LogP contribution is 2.39. The zero-order chi connectivity index (χ0) is 14.7. The second-order valence-electron chi connectivity index (χ2n) is 4.44. The molecule has 106 valence electrons. The van der Waals surface area contributed by atoms with E-state index in [2.05, 4.69) is 0 Å². The van der Waals surface area contributed by atoms with Gasteiger partial charge >= 0.3 is 0 Å². The van der Waals surface area contributed by atoms with Crippen LogP contribution in [0.3, 0.4) is 0 Å². The van der Waals surface area contributed by atoms with Crippen molar-refractivity contribution >= 4 is 34.8 Å². The van der Waals surface area contributed by atoms with E-state index in [0.717, 1.165) is 0 Å². The molecule has 2 rings (SSSR count). The molecule has 5 heteroatoms. The van der Waals surface area contributed by atoms with Crippen molar-refractivity contribution in [3.63, 3.8) is 0 Å². The maximum Gasteiger partial charge on any atom is 0.0886 e. The molecule has 2 atom stereocenters. The van der Waals surface area contributed by atoms with E-state index in [0.29, 0.717) is 26.2 Å². The van der Waals surface area contributed by atoms with Crippen LogP contribution in [0.2, 0.25) is 15.1 Å². The highest BCUT2D eigenvalue weighted by atomic mass is 35.5. The van der Waals surface area contributed by atoms with Gasteiger partial charge in [0.2, 0.25) is 0 Å². The Morgan fingerprint density at radius 3 is 2.00 bits per heavy atom. The molecule has 0 amide bonds. The predicted molar refractivity (Wildman–Crippen MR) is 84.7 cm³/mol. The van der Waals surface area contributed by atoms with Crippen molar-refractivity contribution in [2.45, 2.75) is 12.0 Å². The number of aliphatic hydroxyl groups is 1. The van der Waals surface area contributed by atoms with Crippen molar-refractivity contribution in [3.8, 4) is 0 Å². The lowest BCUT2D eigenvalue weighted by Crippen LogP contribution is -2.21. The molecule has 0 aliphatic carbocycles. The molecule has 0 saturated carbocycles. The molecule has 0 aliphatic rings. The van der Waals surface area contributed by atoms with Gasteiger partial charge in [-0.2, -0.15) is 0 Å². The first kappa shape index (κ1) is 15.6. The maximum absolute atomic E-state index is 10.6. The third kappa shape index (κ3) is 3.11. The normalized spacial score (nSPS) is 14.1. The highest BCUT2D eigenvalue weighted by Gasteiger charge is 2.26. The minimum absolute atomic E-state index is 0.204. The van der Waals surface area contributed by atoms with Crippen molar-refractivity contribution in [2.24, 2.45) is 5.73 Å². The van der Waals surface area contributed by atoms with Gasteiger partial charge < -0.3 is 10.8 Å². The van der Waals surface area contributed by atoms with Gasteiger partial charge in [0, 0.05) is 27.5 Å². The van der Waals surface area contributed by atoms with Crippen molar-refractivity contribution in [1.82, 2.24) is 0 Å². The molecule has 2 unspecified atom stereocenters. The molecule has 2 aromatic rings. The molecule has 2 aromatic carbocycles. The molecule has 0 spiro atoms. The van der Waals surface area contributed by atoms with Crippen LogP contribution in [0.15, 0.2) is 42.5 Å². The van der Waals surface area contributed by atoms with E-state index in [1.54, 1.807) is 36.4 Å². The van der Waals surface area contributed by atoms with Gasteiger partial charge in [-0.1, -0.05) is 59.1 Å². The van der Waals surface area contributed by atoms with Gasteiger partial charge in [-0.3, -0.25) is 0 Å². The number of benzene rings is 2. The number of hydrogen-bond donors (Lipinski definition) is 2. The number of aliphatic hydroxyl groups excluding tert-OH is 1. The summed E-state index contributed by atoms with van der Waals surface area (Å²) in [5.41, 5.74) is 7.07. The molecule has 0 aromatic heterocycles. The summed E-state index contributed by atoms with van der Waals surface area (Å²) in [5, 5.41) is 12.0. The largest absolute Gasteiger partial charge is 0.388 e. The summed E-state index contributed by atoms with van der Waals surface area (Å²) in [6, 6.07) is 12.3. The van der Waals surface area contributed by atoms with Crippen LogP contribution >= 0.6 is 34.8 Å². The van der Waals surface area contributed by atoms with Crippen molar-refractivity contribution in [3.05, 3.63) is 68.7 Å². The Kier molecular flexibility index (Phi) is 5.30. The first-order valence-electron chi connectivity index (χ1n) is 6.12. The highest BCUT2D eigenvalue weighted by molar-refractivity contribution is 6.36. The Hall–Kier alpha value is -0.770. The Morgan fingerprint density at radius 1 is 0.900 bits per heavy atom. The summed E-state index contributed by atoms with van der Waals surface area (Å²) in [4.78, 5) is 0. The topological polar surface area (TPSA) is 46.2 Å². The average molecular weight is 331 g/mol. The van der Waals surface area contributed by atoms with E-state index < -0.39 is 12.0 Å². The molecular formula is C15H14Cl3NO. The summed E-state index contributed by atoms with van der Waals surface area (Å²) in [5.74, 6) is -0.420. The SMILES string of the molecule is NCC(c1c(Cl)cccc1Cl)C(O)c1ccccc1Cl. The summed E-state index contributed by atoms with van der Waals surface area (Å²) >= 11 is 18.5. The lowest BCUT2D eigenvalue weighted by atomic mass is 9.89. The standard InChI is InChI=1S/C15H14Cl3NO/c16-11-5-2-1-4-9(11)15(20)10(8-19)14-12(17)6-3-7-13(14)18/h1-7,10,15,20H,8,19H2. The van der Waals surface area contributed by atoms with E-state index in [1.165, 1.54) is 0 Å². The molecule has 0 fully saturated rings. The summed E-state index contributed by atoms with van der Waals surface area (Å²) in [6.07, 6.45) is -0.869. The van der Waals surface area contributed by atoms with Gasteiger partial charge in [0.05, 0.1) is 6.10 Å². The van der Waals surface area contributed by atoms with Gasteiger partial charge in [-0.05, 0) is 29.3 Å². The minimum Gasteiger partial charge on any atom is -0.388 e. The molecule has 0 radical (unpaired) electrons. The fourth-order valence-corrected chi connectivity index (χ4v) is 3.13. The van der Waals surface area contributed by atoms with Crippen LogP contribution < -0.4 is 5.73 Å². The molecule has 0 saturated heterocycles. The van der Waals surface area contributed by atoms with Gasteiger partial charge in [-0.25, -0.2) is 0 Å². The summed E-state index contributed by atoms with van der Waals surface area (Å²) in [6.45, 7) is 0.204. The van der Waals surface area contributed by atoms with Crippen molar-refractivity contribution in [2.75, 3.05) is 6.54 Å². The number of hydrogen-bond acceptors (Lipinski definition) is 2. The van der Waals surface area contributed by atoms with Crippen LogP contribution in [0.5, 0.6) is 0 Å². The van der Waals surface area contributed by atoms with E-state index in [4.69, 9.17) is 40.5 Å². The quantitative estimate of drug-likeness (QED) is 0.871. The monoisotopic (exact) mass is 329 g/mol. The van der Waals surface area contributed by atoms with Crippen LogP contribution in [0, 0.1) is 0 Å². The molecule has 20 heavy (non-hydrogen) atoms. The van der Waals surface area contributed by atoms with Crippen LogP contribution in [0.25, 0.3) is 0 Å². The van der Waals surface area contributed by atoms with Crippen molar-refractivity contribution in [1.29, 1.82) is 0 Å². The van der Waals surface area contributed by atoms with E-state index in [1.807, 2.05) is 6.07 Å². The summed E-state index contributed by atoms with van der Waals surface area (Å²) in [7, 11) is 0. The van der Waals surface area contributed by atoms with Crippen LogP contribution in [0.4, 0.5) is 0 Å². The Morgan fingerprint density at radius 2 is 1.45 bits per heavy atom. The van der Waals surface area contributed by atoms with E-state index in [9.17, 15) is 5.11 Å². The first-order chi connectivity index (χ1) is 9.56. The minimum atomic E-state index is -0.869. The van der Waals surface area contributed by atoms with E-state index in [-0.39, 0.29) is 6.54 Å². The smallest absolute Gasteiger partial charge is 0.0886 e. The van der Waals surface area contributed by atoms with Crippen molar-refractivity contribution < 1.29 is 5.11 Å². The molecule has 0 heterocycles. The van der Waals surface area contributed by atoms with E-state index >= 15 is 0 Å². The van der Waals surface area contributed by atoms with Gasteiger partial charge in [-0.15, -0.1) is 0 Å². The number of rotatable bonds is 4. The lowest BCUT2D eigenvalue weighted by Gasteiger charge is -2.24. The first-order valence-corrected chi connectivity index (χ1v) is 7.26. The van der Waals surface area contributed by atoms with Crippen LogP contribution in [-0.4, -0.2) is 11.7 Å². The maximum atomic E-state index is 10.6. The average Bonchev–Trinajstić information content (AvgIpc) is 2.43. The zero-order valence-electron chi connectivity index (χ0n) is 10.6. The van der Waals surface area contributed by atoms with Gasteiger partial charge in [0.25, 0.3) is 0 Å². The Bertz CT molecular complexity index is 583. The van der Waals surface area contributed by atoms with Gasteiger partial charge in [0.15, 0.2) is 0 Å². The Labute approximate surface area is 133 Å². The van der Waals surface area contributed by atoms with Gasteiger partial charge in [0.1, 0.15) is 0 Å². The number of halogens is 3. The van der Waals surface area contributed by atoms with Crippen LogP contribution in [-0.2, 0) is 0 Å². The Balaban J connectivity index is 2.45. The number of nitrogens with two attached hydrogens (primary N) is 1. The fourth-order valence-electron chi connectivity index (χ4n) is 2.20. The third-order valence-corrected chi connectivity index (χ3v) is 4.23. The molecule has 3 N–H and O–H groups in total. The predicted octanol–water partition coefficient (Wildman–Crippen LogP) is 4.42. The fraction of sp³-hybridized carbons (Fsp3) is 0.200. The lowest BCUT2D eigenvalue weighted by molar-refractivity contribution is 0.147.